The second-order valence-corrected chi connectivity index (χ2v) is 6.79. The SMILES string of the molecule is CC(=O)N1CCC(=C2c3ccccc3CCc3[nH]c(C)nc32)CC1. The molecule has 4 heteroatoms. The Morgan fingerprint density at radius 3 is 2.62 bits per heavy atom. The fourth-order valence-corrected chi connectivity index (χ4v) is 4.00. The molecule has 0 bridgehead atoms. The van der Waals surface area contributed by atoms with Crippen LogP contribution in [0.3, 0.4) is 0 Å². The number of aromatic amines is 1. The molecular formula is C20H23N3O. The molecule has 0 saturated carbocycles. The van der Waals surface area contributed by atoms with Gasteiger partial charge in [0.1, 0.15) is 5.82 Å². The molecule has 1 N–H and O–H groups in total. The van der Waals surface area contributed by atoms with Gasteiger partial charge in [0.05, 0.1) is 5.69 Å². The molecule has 24 heavy (non-hydrogen) atoms. The van der Waals surface area contributed by atoms with E-state index >= 15 is 0 Å². The van der Waals surface area contributed by atoms with Gasteiger partial charge in [0.2, 0.25) is 5.91 Å². The van der Waals surface area contributed by atoms with E-state index in [9.17, 15) is 4.79 Å². The molecule has 1 saturated heterocycles. The maximum Gasteiger partial charge on any atom is 0.219 e. The predicted molar refractivity (Wildman–Crippen MR) is 94.7 cm³/mol. The summed E-state index contributed by atoms with van der Waals surface area (Å²) in [4.78, 5) is 21.9. The summed E-state index contributed by atoms with van der Waals surface area (Å²) in [6.07, 6.45) is 3.92. The van der Waals surface area contributed by atoms with E-state index in [2.05, 4.69) is 29.2 Å². The predicted octanol–water partition coefficient (Wildman–Crippen LogP) is 3.26. The first-order valence-corrected chi connectivity index (χ1v) is 8.75. The lowest BCUT2D eigenvalue weighted by Crippen LogP contribution is -2.34. The Morgan fingerprint density at radius 1 is 1.12 bits per heavy atom. The van der Waals surface area contributed by atoms with Crippen LogP contribution < -0.4 is 0 Å². The Hall–Kier alpha value is -2.36. The number of likely N-dealkylation sites (tertiary alicyclic amines) is 1. The highest BCUT2D eigenvalue weighted by molar-refractivity contribution is 5.84. The Kier molecular flexibility index (Phi) is 3.75. The molecule has 0 spiro atoms. The minimum Gasteiger partial charge on any atom is -0.346 e. The van der Waals surface area contributed by atoms with Gasteiger partial charge in [-0.15, -0.1) is 0 Å². The zero-order valence-electron chi connectivity index (χ0n) is 14.4. The van der Waals surface area contributed by atoms with Gasteiger partial charge in [0.25, 0.3) is 0 Å². The zero-order valence-corrected chi connectivity index (χ0v) is 14.4. The number of amides is 1. The van der Waals surface area contributed by atoms with Crippen molar-refractivity contribution >= 4 is 11.5 Å². The fourth-order valence-electron chi connectivity index (χ4n) is 4.00. The summed E-state index contributed by atoms with van der Waals surface area (Å²) in [6, 6.07) is 8.71. The van der Waals surface area contributed by atoms with E-state index in [-0.39, 0.29) is 5.91 Å². The first kappa shape index (κ1) is 15.2. The van der Waals surface area contributed by atoms with E-state index in [1.54, 1.807) is 6.92 Å². The number of H-pyrrole nitrogens is 1. The van der Waals surface area contributed by atoms with Gasteiger partial charge in [-0.3, -0.25) is 4.79 Å². The summed E-state index contributed by atoms with van der Waals surface area (Å²) in [5, 5.41) is 0. The fraction of sp³-hybridized carbons (Fsp3) is 0.400. The number of hydrogen-bond acceptors (Lipinski definition) is 2. The van der Waals surface area contributed by atoms with E-state index < -0.39 is 0 Å². The third-order valence-corrected chi connectivity index (χ3v) is 5.23. The molecule has 1 fully saturated rings. The summed E-state index contributed by atoms with van der Waals surface area (Å²) in [7, 11) is 0. The molecule has 1 amide bonds. The lowest BCUT2D eigenvalue weighted by atomic mass is 9.89. The van der Waals surface area contributed by atoms with Gasteiger partial charge < -0.3 is 9.88 Å². The van der Waals surface area contributed by atoms with Crippen LogP contribution in [-0.2, 0) is 17.6 Å². The minimum atomic E-state index is 0.177. The highest BCUT2D eigenvalue weighted by atomic mass is 16.2. The van der Waals surface area contributed by atoms with Crippen LogP contribution in [-0.4, -0.2) is 33.9 Å². The molecule has 1 aromatic carbocycles. The summed E-state index contributed by atoms with van der Waals surface area (Å²) in [5.41, 5.74) is 7.86. The van der Waals surface area contributed by atoms with Crippen molar-refractivity contribution in [3.05, 3.63) is 58.2 Å². The molecule has 0 unspecified atom stereocenters. The standard InChI is InChI=1S/C20H23N3O/c1-13-21-18-8-7-15-5-3-4-6-17(15)19(20(18)22-13)16-9-11-23(12-10-16)14(2)24/h3-6H,7-12H2,1-2H3,(H,21,22). The average Bonchev–Trinajstić information content (AvgIpc) is 2.88. The number of aromatic nitrogens is 2. The van der Waals surface area contributed by atoms with Gasteiger partial charge in [-0.2, -0.15) is 0 Å². The Morgan fingerprint density at radius 2 is 1.88 bits per heavy atom. The monoisotopic (exact) mass is 321 g/mol. The number of carbonyl (C=O) groups is 1. The van der Waals surface area contributed by atoms with Crippen LogP contribution in [0.4, 0.5) is 0 Å². The van der Waals surface area contributed by atoms with E-state index in [0.717, 1.165) is 50.3 Å². The van der Waals surface area contributed by atoms with Crippen molar-refractivity contribution < 1.29 is 4.79 Å². The normalized spacial score (nSPS) is 17.3. The van der Waals surface area contributed by atoms with Crippen molar-refractivity contribution in [1.29, 1.82) is 0 Å². The molecule has 4 nitrogen and oxygen atoms in total. The smallest absolute Gasteiger partial charge is 0.219 e. The van der Waals surface area contributed by atoms with Crippen molar-refractivity contribution in [1.82, 2.24) is 14.9 Å². The summed E-state index contributed by atoms with van der Waals surface area (Å²) in [6.45, 7) is 5.32. The number of carbonyl (C=O) groups excluding carboxylic acids is 1. The highest BCUT2D eigenvalue weighted by Gasteiger charge is 2.26. The van der Waals surface area contributed by atoms with Crippen LogP contribution in [0.15, 0.2) is 29.8 Å². The number of fused-ring (bicyclic) bond motifs is 2. The van der Waals surface area contributed by atoms with E-state index in [0.29, 0.717) is 0 Å². The number of nitrogens with zero attached hydrogens (tertiary/aromatic N) is 2. The molecular weight excluding hydrogens is 298 g/mol. The van der Waals surface area contributed by atoms with Crippen LogP contribution in [0, 0.1) is 6.92 Å². The van der Waals surface area contributed by atoms with E-state index in [4.69, 9.17) is 4.98 Å². The molecule has 2 aliphatic rings. The third kappa shape index (κ3) is 2.56. The third-order valence-electron chi connectivity index (χ3n) is 5.23. The number of piperidine rings is 1. The lowest BCUT2D eigenvalue weighted by molar-refractivity contribution is -0.129. The minimum absolute atomic E-state index is 0.177. The van der Waals surface area contributed by atoms with Crippen LogP contribution in [0.2, 0.25) is 0 Å². The molecule has 2 heterocycles. The quantitative estimate of drug-likeness (QED) is 0.809. The number of hydrogen-bond donors (Lipinski definition) is 1. The molecule has 1 aliphatic heterocycles. The average molecular weight is 321 g/mol. The van der Waals surface area contributed by atoms with Crippen molar-refractivity contribution in [2.45, 2.75) is 39.5 Å². The van der Waals surface area contributed by atoms with E-state index in [1.165, 1.54) is 28.0 Å². The number of imidazole rings is 1. The highest BCUT2D eigenvalue weighted by Crippen LogP contribution is 2.37. The number of rotatable bonds is 0. The Bertz CT molecular complexity index is 821. The second kappa shape index (κ2) is 5.93. The van der Waals surface area contributed by atoms with Crippen LogP contribution in [0.1, 0.15) is 48.1 Å². The van der Waals surface area contributed by atoms with Crippen LogP contribution in [0.5, 0.6) is 0 Å². The van der Waals surface area contributed by atoms with Crippen molar-refractivity contribution in [3.8, 4) is 0 Å². The number of nitrogens with one attached hydrogen (secondary N) is 1. The van der Waals surface area contributed by atoms with Crippen LogP contribution >= 0.6 is 0 Å². The maximum absolute atomic E-state index is 11.6. The largest absolute Gasteiger partial charge is 0.346 e. The first-order chi connectivity index (χ1) is 11.6. The van der Waals surface area contributed by atoms with Gasteiger partial charge in [-0.05, 0) is 43.7 Å². The van der Waals surface area contributed by atoms with Gasteiger partial charge in [0, 0.05) is 31.3 Å². The van der Waals surface area contributed by atoms with Gasteiger partial charge in [0.15, 0.2) is 0 Å². The molecule has 0 radical (unpaired) electrons. The van der Waals surface area contributed by atoms with Crippen LogP contribution in [0.25, 0.3) is 5.57 Å². The molecule has 0 atom stereocenters. The number of aryl methyl sites for hydroxylation is 3. The lowest BCUT2D eigenvalue weighted by Gasteiger charge is -2.29. The number of benzene rings is 1. The van der Waals surface area contributed by atoms with Crippen molar-refractivity contribution in [3.63, 3.8) is 0 Å². The molecule has 2 aromatic rings. The molecule has 4 rings (SSSR count). The zero-order chi connectivity index (χ0) is 16.7. The van der Waals surface area contributed by atoms with Gasteiger partial charge in [-0.25, -0.2) is 4.98 Å². The Balaban J connectivity index is 1.84. The Labute approximate surface area is 142 Å². The van der Waals surface area contributed by atoms with E-state index in [1.807, 2.05) is 11.8 Å². The topological polar surface area (TPSA) is 49.0 Å². The maximum atomic E-state index is 11.6. The van der Waals surface area contributed by atoms with Crippen molar-refractivity contribution in [2.75, 3.05) is 13.1 Å². The second-order valence-electron chi connectivity index (χ2n) is 6.79. The summed E-state index contributed by atoms with van der Waals surface area (Å²) >= 11 is 0. The van der Waals surface area contributed by atoms with Crippen molar-refractivity contribution in [2.24, 2.45) is 0 Å². The first-order valence-electron chi connectivity index (χ1n) is 8.75. The summed E-state index contributed by atoms with van der Waals surface area (Å²) < 4.78 is 0. The summed E-state index contributed by atoms with van der Waals surface area (Å²) in [5.74, 6) is 1.16. The van der Waals surface area contributed by atoms with Gasteiger partial charge in [-0.1, -0.05) is 29.8 Å². The van der Waals surface area contributed by atoms with Gasteiger partial charge >= 0.3 is 0 Å². The molecule has 1 aliphatic carbocycles. The molecule has 1 aromatic heterocycles. The molecule has 124 valence electrons.